The highest BCUT2D eigenvalue weighted by Gasteiger charge is 2.33. The summed E-state index contributed by atoms with van der Waals surface area (Å²) in [7, 11) is 1.58. The molecule has 1 heterocycles. The number of carbonyl (C=O) groups excluding carboxylic acids is 1. The van der Waals surface area contributed by atoms with Crippen LogP contribution in [0.25, 0.3) is 0 Å². The Kier molecular flexibility index (Phi) is 2.87. The molecule has 1 atom stereocenters. The summed E-state index contributed by atoms with van der Waals surface area (Å²) < 4.78 is 10.4. The van der Waals surface area contributed by atoms with E-state index >= 15 is 0 Å². The second-order valence-electron chi connectivity index (χ2n) is 3.26. The van der Waals surface area contributed by atoms with E-state index in [1.807, 2.05) is 0 Å². The normalized spacial score (nSPS) is 19.9. The van der Waals surface area contributed by atoms with Gasteiger partial charge in [0.1, 0.15) is 5.75 Å². The summed E-state index contributed by atoms with van der Waals surface area (Å²) in [5.41, 5.74) is 0.769. The molecular weight excluding hydrogens is 276 g/mol. The summed E-state index contributed by atoms with van der Waals surface area (Å²) >= 11 is 3.14. The van der Waals surface area contributed by atoms with Gasteiger partial charge in [-0.3, -0.25) is 0 Å². The summed E-state index contributed by atoms with van der Waals surface area (Å²) in [6.07, 6.45) is -0.571. The van der Waals surface area contributed by atoms with Crippen LogP contribution >= 0.6 is 15.9 Å². The molecular formula is C11H9BrO4. The van der Waals surface area contributed by atoms with Crippen LogP contribution in [-0.4, -0.2) is 18.2 Å². The molecule has 0 spiro atoms. The molecule has 0 saturated heterocycles. The van der Waals surface area contributed by atoms with Crippen LogP contribution in [0.4, 0.5) is 0 Å². The lowest BCUT2D eigenvalue weighted by molar-refractivity contribution is -0.142. The lowest BCUT2D eigenvalue weighted by Crippen LogP contribution is -2.02. The van der Waals surface area contributed by atoms with Crippen molar-refractivity contribution in [3.05, 3.63) is 40.1 Å². The van der Waals surface area contributed by atoms with Gasteiger partial charge in [0.2, 0.25) is 5.76 Å². The number of carbonyl (C=O) groups is 1. The molecule has 1 unspecified atom stereocenters. The van der Waals surface area contributed by atoms with Gasteiger partial charge in [0.15, 0.2) is 6.10 Å². The van der Waals surface area contributed by atoms with Gasteiger partial charge in [0, 0.05) is 0 Å². The third-order valence-corrected chi connectivity index (χ3v) is 3.08. The maximum atomic E-state index is 11.1. The second-order valence-corrected chi connectivity index (χ2v) is 4.11. The molecule has 1 aromatic carbocycles. The topological polar surface area (TPSA) is 55.8 Å². The first-order valence-corrected chi connectivity index (χ1v) is 5.36. The number of ether oxygens (including phenoxy) is 2. The molecule has 0 amide bonds. The van der Waals surface area contributed by atoms with E-state index in [4.69, 9.17) is 9.47 Å². The summed E-state index contributed by atoms with van der Waals surface area (Å²) in [5.74, 6) is -0.370. The number of halogens is 1. The van der Waals surface area contributed by atoms with E-state index in [9.17, 15) is 9.90 Å². The monoisotopic (exact) mass is 284 g/mol. The SMILES string of the molecule is COc1ccc(C2OC(=O)C(O)=C2Br)cc1. The largest absolute Gasteiger partial charge is 0.501 e. The molecule has 0 radical (unpaired) electrons. The predicted molar refractivity (Wildman–Crippen MR) is 60.4 cm³/mol. The number of aliphatic hydroxyl groups excluding tert-OH is 1. The molecule has 2 rings (SSSR count). The Bertz CT molecular complexity index is 450. The molecule has 1 aliphatic heterocycles. The van der Waals surface area contributed by atoms with Crippen molar-refractivity contribution >= 4 is 21.9 Å². The van der Waals surface area contributed by atoms with Crippen molar-refractivity contribution in [3.63, 3.8) is 0 Å². The van der Waals surface area contributed by atoms with Crippen LogP contribution in [0, 0.1) is 0 Å². The van der Waals surface area contributed by atoms with Gasteiger partial charge in [-0.1, -0.05) is 12.1 Å². The van der Waals surface area contributed by atoms with Crippen LogP contribution in [0.1, 0.15) is 11.7 Å². The highest BCUT2D eigenvalue weighted by Crippen LogP contribution is 2.38. The molecule has 0 bridgehead atoms. The summed E-state index contributed by atoms with van der Waals surface area (Å²) in [5, 5.41) is 9.33. The smallest absolute Gasteiger partial charge is 0.375 e. The predicted octanol–water partition coefficient (Wildman–Crippen LogP) is 2.46. The van der Waals surface area contributed by atoms with Crippen LogP contribution in [-0.2, 0) is 9.53 Å². The van der Waals surface area contributed by atoms with Crippen LogP contribution in [0.5, 0.6) is 5.75 Å². The molecule has 0 aromatic heterocycles. The van der Waals surface area contributed by atoms with Gasteiger partial charge in [0.05, 0.1) is 11.6 Å². The molecule has 5 heteroatoms. The van der Waals surface area contributed by atoms with Gasteiger partial charge in [0.25, 0.3) is 0 Å². The third-order valence-electron chi connectivity index (χ3n) is 2.29. The maximum Gasteiger partial charge on any atom is 0.375 e. The maximum absolute atomic E-state index is 11.1. The quantitative estimate of drug-likeness (QED) is 0.848. The Morgan fingerprint density at radius 3 is 2.44 bits per heavy atom. The molecule has 84 valence electrons. The molecule has 0 saturated carbocycles. The van der Waals surface area contributed by atoms with Gasteiger partial charge in [-0.05, 0) is 33.6 Å². The molecule has 4 nitrogen and oxygen atoms in total. The zero-order chi connectivity index (χ0) is 11.7. The first-order valence-electron chi connectivity index (χ1n) is 4.57. The minimum Gasteiger partial charge on any atom is -0.501 e. The van der Waals surface area contributed by atoms with Gasteiger partial charge in [-0.15, -0.1) is 0 Å². The van der Waals surface area contributed by atoms with E-state index in [0.717, 1.165) is 11.3 Å². The summed E-state index contributed by atoms with van der Waals surface area (Å²) in [4.78, 5) is 11.1. The Hall–Kier alpha value is -1.49. The summed E-state index contributed by atoms with van der Waals surface area (Å²) in [6, 6.07) is 7.07. The molecule has 1 aromatic rings. The fourth-order valence-electron chi connectivity index (χ4n) is 1.43. The Balaban J connectivity index is 2.29. The summed E-state index contributed by atoms with van der Waals surface area (Å²) in [6.45, 7) is 0. The average Bonchev–Trinajstić information content (AvgIpc) is 2.57. The number of aliphatic hydroxyl groups is 1. The Morgan fingerprint density at radius 1 is 1.38 bits per heavy atom. The van der Waals surface area contributed by atoms with E-state index in [1.54, 1.807) is 31.4 Å². The first-order chi connectivity index (χ1) is 7.63. The highest BCUT2D eigenvalue weighted by atomic mass is 79.9. The molecule has 0 fully saturated rings. The highest BCUT2D eigenvalue weighted by molar-refractivity contribution is 9.11. The van der Waals surface area contributed by atoms with Gasteiger partial charge in [-0.25, -0.2) is 4.79 Å². The van der Waals surface area contributed by atoms with Crippen molar-refractivity contribution < 1.29 is 19.4 Å². The van der Waals surface area contributed by atoms with Crippen molar-refractivity contribution in [3.8, 4) is 5.75 Å². The van der Waals surface area contributed by atoms with Gasteiger partial charge < -0.3 is 14.6 Å². The average molecular weight is 285 g/mol. The Morgan fingerprint density at radius 2 is 2.00 bits per heavy atom. The van der Waals surface area contributed by atoms with Gasteiger partial charge >= 0.3 is 5.97 Å². The van der Waals surface area contributed by atoms with Crippen molar-refractivity contribution in [2.45, 2.75) is 6.10 Å². The van der Waals surface area contributed by atoms with Crippen molar-refractivity contribution in [2.24, 2.45) is 0 Å². The molecule has 1 N–H and O–H groups in total. The minimum absolute atomic E-state index is 0.350. The fraction of sp³-hybridized carbons (Fsp3) is 0.182. The van der Waals surface area contributed by atoms with Crippen molar-refractivity contribution in [1.29, 1.82) is 0 Å². The van der Waals surface area contributed by atoms with E-state index < -0.39 is 12.1 Å². The number of rotatable bonds is 2. The molecule has 0 aliphatic carbocycles. The third kappa shape index (κ3) is 1.78. The van der Waals surface area contributed by atoms with E-state index in [2.05, 4.69) is 15.9 Å². The van der Waals surface area contributed by atoms with Gasteiger partial charge in [-0.2, -0.15) is 0 Å². The number of methoxy groups -OCH3 is 1. The lowest BCUT2D eigenvalue weighted by Gasteiger charge is -2.10. The fourth-order valence-corrected chi connectivity index (χ4v) is 1.95. The van der Waals surface area contributed by atoms with Crippen molar-refractivity contribution in [1.82, 2.24) is 0 Å². The lowest BCUT2D eigenvalue weighted by atomic mass is 10.1. The van der Waals surface area contributed by atoms with E-state index in [-0.39, 0.29) is 5.76 Å². The van der Waals surface area contributed by atoms with E-state index in [0.29, 0.717) is 4.48 Å². The van der Waals surface area contributed by atoms with Crippen LogP contribution < -0.4 is 4.74 Å². The standard InChI is InChI=1S/C11H9BrO4/c1-15-7-4-2-6(3-5-7)10-8(12)9(13)11(14)16-10/h2-5,10,13H,1H3. The van der Waals surface area contributed by atoms with E-state index in [1.165, 1.54) is 0 Å². The molecule has 1 aliphatic rings. The molecule has 16 heavy (non-hydrogen) atoms. The first kappa shape index (κ1) is 11.0. The number of hydrogen-bond donors (Lipinski definition) is 1. The number of cyclic esters (lactones) is 1. The van der Waals surface area contributed by atoms with Crippen molar-refractivity contribution in [2.75, 3.05) is 7.11 Å². The number of hydrogen-bond acceptors (Lipinski definition) is 4. The second kappa shape index (κ2) is 4.17. The van der Waals surface area contributed by atoms with Crippen LogP contribution in [0.3, 0.4) is 0 Å². The number of esters is 1. The zero-order valence-electron chi connectivity index (χ0n) is 8.44. The van der Waals surface area contributed by atoms with Crippen LogP contribution in [0.15, 0.2) is 34.5 Å². The number of benzene rings is 1. The minimum atomic E-state index is -0.715. The van der Waals surface area contributed by atoms with Crippen LogP contribution in [0.2, 0.25) is 0 Å². The zero-order valence-corrected chi connectivity index (χ0v) is 10.0. The Labute approximate surface area is 101 Å².